The van der Waals surface area contributed by atoms with Crippen molar-refractivity contribution in [2.75, 3.05) is 6.61 Å². The van der Waals surface area contributed by atoms with Gasteiger partial charge in [0.05, 0.1) is 13.0 Å². The van der Waals surface area contributed by atoms with E-state index < -0.39 is 5.97 Å². The van der Waals surface area contributed by atoms with Crippen molar-refractivity contribution in [1.82, 2.24) is 0 Å². The van der Waals surface area contributed by atoms with Gasteiger partial charge in [0.15, 0.2) is 0 Å². The van der Waals surface area contributed by atoms with E-state index in [1.165, 1.54) is 0 Å². The van der Waals surface area contributed by atoms with Crippen LogP contribution in [0.2, 0.25) is 0 Å². The standard InChI is InChI=1S/C14H18O4/c1-3-18-14(17)9-11-5-4-10(2)12(8-11)6-7-13(15)16/h4-5,8H,3,6-7,9H2,1-2H3,(H,15,16). The zero-order valence-electron chi connectivity index (χ0n) is 10.7. The van der Waals surface area contributed by atoms with Gasteiger partial charge in [-0.1, -0.05) is 18.2 Å². The zero-order valence-corrected chi connectivity index (χ0v) is 10.7. The quantitative estimate of drug-likeness (QED) is 0.785. The van der Waals surface area contributed by atoms with Crippen LogP contribution in [0.3, 0.4) is 0 Å². The summed E-state index contributed by atoms with van der Waals surface area (Å²) in [5, 5.41) is 8.68. The molecule has 0 heterocycles. The number of aliphatic carboxylic acids is 1. The number of carbonyl (C=O) groups is 2. The molecule has 0 radical (unpaired) electrons. The molecule has 98 valence electrons. The number of aryl methyl sites for hydroxylation is 2. The maximum absolute atomic E-state index is 11.4. The van der Waals surface area contributed by atoms with E-state index >= 15 is 0 Å². The topological polar surface area (TPSA) is 63.6 Å². The van der Waals surface area contributed by atoms with Crippen molar-refractivity contribution < 1.29 is 19.4 Å². The van der Waals surface area contributed by atoms with Crippen molar-refractivity contribution in [3.63, 3.8) is 0 Å². The molecule has 1 N–H and O–H groups in total. The third-order valence-corrected chi connectivity index (χ3v) is 2.68. The predicted octanol–water partition coefficient (Wildman–Crippen LogP) is 2.12. The molecule has 0 aliphatic rings. The molecular weight excluding hydrogens is 232 g/mol. The Morgan fingerprint density at radius 3 is 2.67 bits per heavy atom. The number of ether oxygens (including phenoxy) is 1. The van der Waals surface area contributed by atoms with Crippen molar-refractivity contribution in [2.45, 2.75) is 33.1 Å². The molecule has 0 amide bonds. The van der Waals surface area contributed by atoms with Gasteiger partial charge in [-0.25, -0.2) is 0 Å². The van der Waals surface area contributed by atoms with Crippen LogP contribution in [0.25, 0.3) is 0 Å². The maximum Gasteiger partial charge on any atom is 0.310 e. The molecule has 18 heavy (non-hydrogen) atoms. The van der Waals surface area contributed by atoms with Crippen LogP contribution in [-0.4, -0.2) is 23.7 Å². The number of carboxylic acids is 1. The van der Waals surface area contributed by atoms with Crippen molar-refractivity contribution in [1.29, 1.82) is 0 Å². The van der Waals surface area contributed by atoms with Crippen LogP contribution in [0.15, 0.2) is 18.2 Å². The van der Waals surface area contributed by atoms with E-state index in [0.717, 1.165) is 16.7 Å². The Morgan fingerprint density at radius 1 is 1.33 bits per heavy atom. The molecule has 1 rings (SSSR count). The van der Waals surface area contributed by atoms with E-state index in [2.05, 4.69) is 0 Å². The third-order valence-electron chi connectivity index (χ3n) is 2.68. The molecule has 4 heteroatoms. The van der Waals surface area contributed by atoms with Gasteiger partial charge in [0.1, 0.15) is 0 Å². The zero-order chi connectivity index (χ0) is 13.5. The summed E-state index contributed by atoms with van der Waals surface area (Å²) in [6.45, 7) is 4.08. The van der Waals surface area contributed by atoms with Crippen molar-refractivity contribution >= 4 is 11.9 Å². The number of benzene rings is 1. The second-order valence-electron chi connectivity index (χ2n) is 4.14. The van der Waals surface area contributed by atoms with Gasteiger partial charge in [0, 0.05) is 6.42 Å². The van der Waals surface area contributed by atoms with E-state index in [4.69, 9.17) is 9.84 Å². The van der Waals surface area contributed by atoms with Crippen LogP contribution < -0.4 is 0 Å². The fourth-order valence-electron chi connectivity index (χ4n) is 1.72. The lowest BCUT2D eigenvalue weighted by atomic mass is 9.99. The molecule has 0 saturated heterocycles. The Bertz CT molecular complexity index is 437. The van der Waals surface area contributed by atoms with Crippen molar-refractivity contribution in [3.8, 4) is 0 Å². The SMILES string of the molecule is CCOC(=O)Cc1ccc(C)c(CCC(=O)O)c1. The summed E-state index contributed by atoms with van der Waals surface area (Å²) in [4.78, 5) is 21.9. The maximum atomic E-state index is 11.4. The second kappa shape index (κ2) is 6.79. The molecule has 0 aromatic heterocycles. The summed E-state index contributed by atoms with van der Waals surface area (Å²) in [6.07, 6.45) is 0.815. The first-order valence-corrected chi connectivity index (χ1v) is 5.98. The van der Waals surface area contributed by atoms with Gasteiger partial charge >= 0.3 is 11.9 Å². The number of esters is 1. The number of carboxylic acid groups (broad SMARTS) is 1. The van der Waals surface area contributed by atoms with Crippen LogP contribution in [0.4, 0.5) is 0 Å². The number of hydrogen-bond acceptors (Lipinski definition) is 3. The molecule has 1 aromatic rings. The Kier molecular flexibility index (Phi) is 5.36. The lowest BCUT2D eigenvalue weighted by molar-refractivity contribution is -0.142. The highest BCUT2D eigenvalue weighted by atomic mass is 16.5. The monoisotopic (exact) mass is 250 g/mol. The number of hydrogen-bond donors (Lipinski definition) is 1. The highest BCUT2D eigenvalue weighted by Crippen LogP contribution is 2.14. The summed E-state index contributed by atoms with van der Waals surface area (Å²) in [5.41, 5.74) is 2.88. The first kappa shape index (κ1) is 14.2. The number of rotatable bonds is 6. The largest absolute Gasteiger partial charge is 0.481 e. The van der Waals surface area contributed by atoms with Crippen LogP contribution in [0, 0.1) is 6.92 Å². The van der Waals surface area contributed by atoms with E-state index in [1.807, 2.05) is 25.1 Å². The molecule has 4 nitrogen and oxygen atoms in total. The molecule has 0 aliphatic carbocycles. The molecule has 0 spiro atoms. The molecule has 0 fully saturated rings. The minimum Gasteiger partial charge on any atom is -0.481 e. The molecule has 0 bridgehead atoms. The normalized spacial score (nSPS) is 10.1. The van der Waals surface area contributed by atoms with E-state index in [1.54, 1.807) is 6.92 Å². The summed E-state index contributed by atoms with van der Waals surface area (Å²) in [5.74, 6) is -1.07. The molecule has 0 aliphatic heterocycles. The first-order valence-electron chi connectivity index (χ1n) is 5.98. The summed E-state index contributed by atoms with van der Waals surface area (Å²) < 4.78 is 4.88. The van der Waals surface area contributed by atoms with Crippen LogP contribution in [0.5, 0.6) is 0 Å². The summed E-state index contributed by atoms with van der Waals surface area (Å²) in [6, 6.07) is 5.66. The highest BCUT2D eigenvalue weighted by Gasteiger charge is 2.07. The van der Waals surface area contributed by atoms with Gasteiger partial charge in [0.25, 0.3) is 0 Å². The lowest BCUT2D eigenvalue weighted by Gasteiger charge is -2.08. The number of carbonyl (C=O) groups excluding carboxylic acids is 1. The Hall–Kier alpha value is -1.84. The molecule has 0 unspecified atom stereocenters. The third kappa shape index (κ3) is 4.57. The van der Waals surface area contributed by atoms with E-state index in [-0.39, 0.29) is 18.8 Å². The molecule has 1 aromatic carbocycles. The van der Waals surface area contributed by atoms with Gasteiger partial charge in [-0.15, -0.1) is 0 Å². The average molecular weight is 250 g/mol. The summed E-state index contributed by atoms with van der Waals surface area (Å²) in [7, 11) is 0. The fourth-order valence-corrected chi connectivity index (χ4v) is 1.72. The Balaban J connectivity index is 2.73. The Labute approximate surface area is 107 Å². The van der Waals surface area contributed by atoms with Gasteiger partial charge in [-0.3, -0.25) is 9.59 Å². The van der Waals surface area contributed by atoms with Gasteiger partial charge in [-0.05, 0) is 37.0 Å². The average Bonchev–Trinajstić information content (AvgIpc) is 2.30. The molecule has 0 atom stereocenters. The minimum atomic E-state index is -0.815. The second-order valence-corrected chi connectivity index (χ2v) is 4.14. The van der Waals surface area contributed by atoms with Gasteiger partial charge < -0.3 is 9.84 Å². The lowest BCUT2D eigenvalue weighted by Crippen LogP contribution is -2.08. The summed E-state index contributed by atoms with van der Waals surface area (Å²) >= 11 is 0. The fraction of sp³-hybridized carbons (Fsp3) is 0.429. The van der Waals surface area contributed by atoms with Crippen LogP contribution in [0.1, 0.15) is 30.0 Å². The van der Waals surface area contributed by atoms with Gasteiger partial charge in [-0.2, -0.15) is 0 Å². The van der Waals surface area contributed by atoms with E-state index in [0.29, 0.717) is 13.0 Å². The predicted molar refractivity (Wildman–Crippen MR) is 67.5 cm³/mol. The molecule has 0 saturated carbocycles. The smallest absolute Gasteiger partial charge is 0.310 e. The van der Waals surface area contributed by atoms with Crippen molar-refractivity contribution in [3.05, 3.63) is 34.9 Å². The van der Waals surface area contributed by atoms with Gasteiger partial charge in [0.2, 0.25) is 0 Å². The highest BCUT2D eigenvalue weighted by molar-refractivity contribution is 5.72. The van der Waals surface area contributed by atoms with E-state index in [9.17, 15) is 9.59 Å². The first-order chi connectivity index (χ1) is 8.52. The minimum absolute atomic E-state index is 0.101. The molecular formula is C14H18O4. The Morgan fingerprint density at radius 2 is 2.06 bits per heavy atom. The van der Waals surface area contributed by atoms with Crippen LogP contribution in [-0.2, 0) is 27.2 Å². The van der Waals surface area contributed by atoms with Crippen LogP contribution >= 0.6 is 0 Å². The van der Waals surface area contributed by atoms with Crippen molar-refractivity contribution in [2.24, 2.45) is 0 Å².